The first-order valence-corrected chi connectivity index (χ1v) is 6.68. The molecule has 0 bridgehead atoms. The highest BCUT2D eigenvalue weighted by molar-refractivity contribution is 9.10. The number of aromatic nitrogens is 2. The molecule has 0 aliphatic heterocycles. The zero-order valence-corrected chi connectivity index (χ0v) is 12.7. The number of rotatable bonds is 5. The Balaban J connectivity index is 2.29. The van der Waals surface area contributed by atoms with Crippen molar-refractivity contribution in [2.24, 2.45) is 0 Å². The molecule has 0 amide bonds. The van der Waals surface area contributed by atoms with Crippen molar-refractivity contribution in [2.75, 3.05) is 24.8 Å². The molecular formula is C13H14BrFN4O. The van der Waals surface area contributed by atoms with E-state index in [1.54, 1.807) is 26.3 Å². The Bertz CT molecular complexity index is 609. The zero-order valence-electron chi connectivity index (χ0n) is 11.1. The van der Waals surface area contributed by atoms with E-state index in [9.17, 15) is 4.39 Å². The Morgan fingerprint density at radius 3 is 2.65 bits per heavy atom. The van der Waals surface area contributed by atoms with Crippen LogP contribution >= 0.6 is 15.9 Å². The fraction of sp³-hybridized carbons (Fsp3) is 0.231. The molecule has 0 aliphatic carbocycles. The van der Waals surface area contributed by atoms with Crippen LogP contribution in [0.1, 0.15) is 5.82 Å². The van der Waals surface area contributed by atoms with E-state index in [0.717, 1.165) is 5.69 Å². The average molecular weight is 341 g/mol. The molecule has 0 atom stereocenters. The number of hydrogen-bond acceptors (Lipinski definition) is 5. The SMILES string of the molecule is CNc1cc(Nc2ccc(F)cc2Br)nc(COC)n1. The fourth-order valence-corrected chi connectivity index (χ4v) is 2.06. The van der Waals surface area contributed by atoms with Gasteiger partial charge in [-0.2, -0.15) is 0 Å². The van der Waals surface area contributed by atoms with Gasteiger partial charge in [0.25, 0.3) is 0 Å². The van der Waals surface area contributed by atoms with E-state index in [1.807, 2.05) is 0 Å². The number of anilines is 3. The van der Waals surface area contributed by atoms with Crippen LogP contribution < -0.4 is 10.6 Å². The Kier molecular flexibility index (Phi) is 4.86. The van der Waals surface area contributed by atoms with Crippen molar-refractivity contribution >= 4 is 33.3 Å². The van der Waals surface area contributed by atoms with Crippen molar-refractivity contribution in [3.63, 3.8) is 0 Å². The second-order valence-corrected chi connectivity index (χ2v) is 4.84. The van der Waals surface area contributed by atoms with Crippen molar-refractivity contribution in [3.8, 4) is 0 Å². The van der Waals surface area contributed by atoms with Crippen molar-refractivity contribution in [2.45, 2.75) is 6.61 Å². The van der Waals surface area contributed by atoms with Gasteiger partial charge in [-0.25, -0.2) is 14.4 Å². The molecule has 20 heavy (non-hydrogen) atoms. The standard InChI is InChI=1S/C13H14BrFN4O/c1-16-11-6-12(19-13(18-11)7-20-2)17-10-4-3-8(15)5-9(10)14/h3-6H,7H2,1-2H3,(H2,16,17,18,19). The molecule has 0 saturated heterocycles. The van der Waals surface area contributed by atoms with Crippen LogP contribution in [-0.4, -0.2) is 24.1 Å². The summed E-state index contributed by atoms with van der Waals surface area (Å²) in [6.07, 6.45) is 0. The number of hydrogen-bond donors (Lipinski definition) is 2. The minimum absolute atomic E-state index is 0.305. The Labute approximate surface area is 124 Å². The lowest BCUT2D eigenvalue weighted by Crippen LogP contribution is -2.05. The molecule has 1 heterocycles. The lowest BCUT2D eigenvalue weighted by atomic mass is 10.3. The summed E-state index contributed by atoms with van der Waals surface area (Å²) in [5.74, 6) is 1.53. The Morgan fingerprint density at radius 1 is 1.25 bits per heavy atom. The lowest BCUT2D eigenvalue weighted by Gasteiger charge is -2.11. The molecule has 1 aromatic carbocycles. The van der Waals surface area contributed by atoms with Crippen LogP contribution in [0, 0.1) is 5.82 Å². The predicted molar refractivity (Wildman–Crippen MR) is 79.7 cm³/mol. The Hall–Kier alpha value is -1.73. The van der Waals surface area contributed by atoms with Crippen molar-refractivity contribution in [1.82, 2.24) is 9.97 Å². The quantitative estimate of drug-likeness (QED) is 0.874. The molecule has 2 rings (SSSR count). The third-order valence-electron chi connectivity index (χ3n) is 2.50. The van der Waals surface area contributed by atoms with Crippen LogP contribution in [0.25, 0.3) is 0 Å². The number of nitrogens with one attached hydrogen (secondary N) is 2. The molecule has 1 aromatic heterocycles. The van der Waals surface area contributed by atoms with Gasteiger partial charge in [0.15, 0.2) is 5.82 Å². The fourth-order valence-electron chi connectivity index (χ4n) is 1.61. The zero-order chi connectivity index (χ0) is 14.5. The molecule has 2 N–H and O–H groups in total. The van der Waals surface area contributed by atoms with Gasteiger partial charge < -0.3 is 15.4 Å². The van der Waals surface area contributed by atoms with Gasteiger partial charge in [-0.05, 0) is 34.1 Å². The van der Waals surface area contributed by atoms with E-state index >= 15 is 0 Å². The third-order valence-corrected chi connectivity index (χ3v) is 3.15. The highest BCUT2D eigenvalue weighted by atomic mass is 79.9. The largest absolute Gasteiger partial charge is 0.377 e. The van der Waals surface area contributed by atoms with Crippen LogP contribution in [-0.2, 0) is 11.3 Å². The van der Waals surface area contributed by atoms with Crippen LogP contribution in [0.3, 0.4) is 0 Å². The summed E-state index contributed by atoms with van der Waals surface area (Å²) >= 11 is 3.30. The van der Waals surface area contributed by atoms with Crippen molar-refractivity contribution in [1.29, 1.82) is 0 Å². The maximum absolute atomic E-state index is 13.1. The van der Waals surface area contributed by atoms with E-state index < -0.39 is 0 Å². The lowest BCUT2D eigenvalue weighted by molar-refractivity contribution is 0.178. The van der Waals surface area contributed by atoms with Crippen LogP contribution in [0.15, 0.2) is 28.7 Å². The molecule has 0 radical (unpaired) electrons. The van der Waals surface area contributed by atoms with E-state index in [-0.39, 0.29) is 5.82 Å². The minimum Gasteiger partial charge on any atom is -0.377 e. The van der Waals surface area contributed by atoms with Gasteiger partial charge in [0.1, 0.15) is 24.1 Å². The van der Waals surface area contributed by atoms with Gasteiger partial charge in [-0.3, -0.25) is 0 Å². The predicted octanol–water partition coefficient (Wildman–Crippen LogP) is 3.31. The van der Waals surface area contributed by atoms with E-state index in [1.165, 1.54) is 12.1 Å². The number of methoxy groups -OCH3 is 1. The first-order valence-electron chi connectivity index (χ1n) is 5.89. The maximum Gasteiger partial charge on any atom is 0.158 e. The molecule has 106 valence electrons. The summed E-state index contributed by atoms with van der Waals surface area (Å²) in [5, 5.41) is 6.07. The smallest absolute Gasteiger partial charge is 0.158 e. The summed E-state index contributed by atoms with van der Waals surface area (Å²) in [7, 11) is 3.36. The van der Waals surface area contributed by atoms with Crippen LogP contribution in [0.2, 0.25) is 0 Å². The molecular weight excluding hydrogens is 327 g/mol. The van der Waals surface area contributed by atoms with Gasteiger partial charge in [0.2, 0.25) is 0 Å². The summed E-state index contributed by atoms with van der Waals surface area (Å²) < 4.78 is 18.7. The van der Waals surface area contributed by atoms with Crippen LogP contribution in [0.5, 0.6) is 0 Å². The van der Waals surface area contributed by atoms with E-state index in [2.05, 4.69) is 36.5 Å². The molecule has 2 aromatic rings. The molecule has 0 spiro atoms. The number of benzene rings is 1. The number of ether oxygens (including phenoxy) is 1. The topological polar surface area (TPSA) is 59.1 Å². The van der Waals surface area contributed by atoms with Gasteiger partial charge >= 0.3 is 0 Å². The van der Waals surface area contributed by atoms with E-state index in [4.69, 9.17) is 4.74 Å². The van der Waals surface area contributed by atoms with Gasteiger partial charge in [-0.15, -0.1) is 0 Å². The monoisotopic (exact) mass is 340 g/mol. The normalized spacial score (nSPS) is 10.4. The number of halogens is 2. The minimum atomic E-state index is -0.305. The number of nitrogens with zero attached hydrogens (tertiary/aromatic N) is 2. The summed E-state index contributed by atoms with van der Waals surface area (Å²) in [4.78, 5) is 8.59. The third kappa shape index (κ3) is 3.64. The molecule has 0 aliphatic rings. The highest BCUT2D eigenvalue weighted by Gasteiger charge is 2.07. The molecule has 5 nitrogen and oxygen atoms in total. The average Bonchev–Trinajstić information content (AvgIpc) is 2.42. The second-order valence-electron chi connectivity index (χ2n) is 3.99. The first kappa shape index (κ1) is 14.7. The molecule has 0 saturated carbocycles. The highest BCUT2D eigenvalue weighted by Crippen LogP contribution is 2.26. The summed E-state index contributed by atoms with van der Waals surface area (Å²) in [6.45, 7) is 0.314. The first-order chi connectivity index (χ1) is 9.62. The van der Waals surface area contributed by atoms with E-state index in [0.29, 0.717) is 28.5 Å². The maximum atomic E-state index is 13.1. The van der Waals surface area contributed by atoms with Crippen molar-refractivity contribution < 1.29 is 9.13 Å². The second kappa shape index (κ2) is 6.62. The molecule has 0 unspecified atom stereocenters. The Morgan fingerprint density at radius 2 is 2.00 bits per heavy atom. The van der Waals surface area contributed by atoms with Crippen LogP contribution in [0.4, 0.5) is 21.7 Å². The molecule has 7 heteroatoms. The van der Waals surface area contributed by atoms with Gasteiger partial charge in [-0.1, -0.05) is 0 Å². The summed E-state index contributed by atoms with van der Waals surface area (Å²) in [6, 6.07) is 6.16. The summed E-state index contributed by atoms with van der Waals surface area (Å²) in [5.41, 5.74) is 0.718. The van der Waals surface area contributed by atoms with Gasteiger partial charge in [0, 0.05) is 24.7 Å². The molecule has 0 fully saturated rings. The van der Waals surface area contributed by atoms with Crippen molar-refractivity contribution in [3.05, 3.63) is 40.4 Å². The van der Waals surface area contributed by atoms with Gasteiger partial charge in [0.05, 0.1) is 5.69 Å².